The lowest BCUT2D eigenvalue weighted by Gasteiger charge is -2.14. The first-order chi connectivity index (χ1) is 10.1. The summed E-state index contributed by atoms with van der Waals surface area (Å²) in [6, 6.07) is 3.45. The van der Waals surface area contributed by atoms with Crippen LogP contribution in [0.4, 0.5) is 11.4 Å². The van der Waals surface area contributed by atoms with Crippen molar-refractivity contribution in [2.24, 2.45) is 5.92 Å². The standard InChI is InChI=1S/C15H17N3O2S/c16-11-8-17-12-3-4-13-10(5-6-21(13,19)20)14(12)15(11)18-7-9-1-2-9/h3-4,8-9H,1-2,5-7,16H2,(H,17,18). The predicted octanol–water partition coefficient (Wildman–Crippen LogP) is 1.97. The molecule has 1 aliphatic carbocycles. The lowest BCUT2D eigenvalue weighted by Crippen LogP contribution is -2.08. The minimum Gasteiger partial charge on any atom is -0.396 e. The molecule has 1 aromatic carbocycles. The van der Waals surface area contributed by atoms with Gasteiger partial charge in [-0.2, -0.15) is 0 Å². The van der Waals surface area contributed by atoms with Crippen LogP contribution in [0.25, 0.3) is 10.9 Å². The van der Waals surface area contributed by atoms with E-state index in [9.17, 15) is 8.42 Å². The van der Waals surface area contributed by atoms with E-state index in [2.05, 4.69) is 10.3 Å². The van der Waals surface area contributed by atoms with Crippen LogP contribution in [0.15, 0.2) is 23.2 Å². The molecule has 2 aromatic rings. The summed E-state index contributed by atoms with van der Waals surface area (Å²) in [5.41, 5.74) is 9.18. The highest BCUT2D eigenvalue weighted by atomic mass is 32.2. The van der Waals surface area contributed by atoms with Crippen LogP contribution in [-0.4, -0.2) is 25.7 Å². The second kappa shape index (κ2) is 4.34. The number of nitrogen functional groups attached to an aromatic ring is 1. The summed E-state index contributed by atoms with van der Waals surface area (Å²) >= 11 is 0. The predicted molar refractivity (Wildman–Crippen MR) is 83.1 cm³/mol. The summed E-state index contributed by atoms with van der Waals surface area (Å²) in [5, 5.41) is 4.30. The third-order valence-corrected chi connectivity index (χ3v) is 6.14. The molecule has 1 saturated carbocycles. The number of nitrogens with two attached hydrogens (primary N) is 1. The first kappa shape index (κ1) is 12.9. The number of pyridine rings is 1. The molecule has 0 unspecified atom stereocenters. The van der Waals surface area contributed by atoms with Crippen LogP contribution in [0.2, 0.25) is 0 Å². The Labute approximate surface area is 123 Å². The zero-order valence-corrected chi connectivity index (χ0v) is 12.4. The fourth-order valence-corrected chi connectivity index (χ4v) is 4.54. The van der Waals surface area contributed by atoms with Crippen LogP contribution < -0.4 is 11.1 Å². The van der Waals surface area contributed by atoms with Crippen molar-refractivity contribution < 1.29 is 8.42 Å². The number of sulfone groups is 1. The molecule has 110 valence electrons. The Morgan fingerprint density at radius 1 is 1.33 bits per heavy atom. The molecule has 2 heterocycles. The zero-order valence-electron chi connectivity index (χ0n) is 11.6. The van der Waals surface area contributed by atoms with E-state index in [0.29, 0.717) is 22.9 Å². The normalized spacial score (nSPS) is 19.6. The van der Waals surface area contributed by atoms with Crippen molar-refractivity contribution in [2.45, 2.75) is 24.2 Å². The molecule has 1 aliphatic heterocycles. The van der Waals surface area contributed by atoms with Crippen LogP contribution >= 0.6 is 0 Å². The van der Waals surface area contributed by atoms with Gasteiger partial charge in [-0.05, 0) is 42.9 Å². The van der Waals surface area contributed by atoms with E-state index < -0.39 is 9.84 Å². The minimum absolute atomic E-state index is 0.179. The molecule has 1 fully saturated rings. The molecule has 3 N–H and O–H groups in total. The number of hydrogen-bond donors (Lipinski definition) is 2. The van der Waals surface area contributed by atoms with Gasteiger partial charge >= 0.3 is 0 Å². The van der Waals surface area contributed by atoms with Gasteiger partial charge in [0.05, 0.1) is 33.7 Å². The molecule has 4 rings (SSSR count). The highest BCUT2D eigenvalue weighted by Gasteiger charge is 2.29. The highest BCUT2D eigenvalue weighted by molar-refractivity contribution is 7.91. The molecule has 5 nitrogen and oxygen atoms in total. The van der Waals surface area contributed by atoms with E-state index in [1.54, 1.807) is 18.3 Å². The molecule has 0 bridgehead atoms. The number of rotatable bonds is 3. The molecule has 0 spiro atoms. The number of anilines is 2. The summed E-state index contributed by atoms with van der Waals surface area (Å²) in [7, 11) is -3.14. The zero-order chi connectivity index (χ0) is 14.6. The van der Waals surface area contributed by atoms with Crippen molar-refractivity contribution in [3.63, 3.8) is 0 Å². The van der Waals surface area contributed by atoms with Gasteiger partial charge in [-0.25, -0.2) is 8.42 Å². The molecular weight excluding hydrogens is 286 g/mol. The first-order valence-corrected chi connectivity index (χ1v) is 8.88. The first-order valence-electron chi connectivity index (χ1n) is 7.23. The number of fused-ring (bicyclic) bond motifs is 3. The topological polar surface area (TPSA) is 85.1 Å². The number of nitrogens with zero attached hydrogens (tertiary/aromatic N) is 1. The average molecular weight is 303 g/mol. The van der Waals surface area contributed by atoms with Gasteiger partial charge in [-0.15, -0.1) is 0 Å². The minimum atomic E-state index is -3.14. The van der Waals surface area contributed by atoms with E-state index in [1.807, 2.05) is 0 Å². The van der Waals surface area contributed by atoms with Crippen molar-refractivity contribution in [3.8, 4) is 0 Å². The lowest BCUT2D eigenvalue weighted by atomic mass is 10.0. The quantitative estimate of drug-likeness (QED) is 0.905. The SMILES string of the molecule is Nc1cnc2ccc3c(c2c1NCC1CC1)CCS3(=O)=O. The largest absolute Gasteiger partial charge is 0.396 e. The maximum atomic E-state index is 12.1. The van der Waals surface area contributed by atoms with Gasteiger partial charge in [0, 0.05) is 11.9 Å². The molecule has 21 heavy (non-hydrogen) atoms. The van der Waals surface area contributed by atoms with Gasteiger partial charge in [0.1, 0.15) is 0 Å². The van der Waals surface area contributed by atoms with Crippen molar-refractivity contribution in [1.29, 1.82) is 0 Å². The smallest absolute Gasteiger partial charge is 0.179 e. The maximum Gasteiger partial charge on any atom is 0.179 e. The van der Waals surface area contributed by atoms with E-state index in [1.165, 1.54) is 12.8 Å². The Bertz CT molecular complexity index is 842. The van der Waals surface area contributed by atoms with Crippen LogP contribution in [-0.2, 0) is 16.3 Å². The monoisotopic (exact) mass is 303 g/mol. The van der Waals surface area contributed by atoms with Gasteiger partial charge in [-0.3, -0.25) is 4.98 Å². The van der Waals surface area contributed by atoms with Crippen LogP contribution in [0.5, 0.6) is 0 Å². The highest BCUT2D eigenvalue weighted by Crippen LogP contribution is 2.39. The second-order valence-corrected chi connectivity index (χ2v) is 8.00. The molecular formula is C15H17N3O2S. The third kappa shape index (κ3) is 2.05. The van der Waals surface area contributed by atoms with Crippen molar-refractivity contribution in [2.75, 3.05) is 23.3 Å². The summed E-state index contributed by atoms with van der Waals surface area (Å²) < 4.78 is 24.2. The van der Waals surface area contributed by atoms with E-state index in [0.717, 1.165) is 28.7 Å². The van der Waals surface area contributed by atoms with Gasteiger partial charge in [-0.1, -0.05) is 0 Å². The van der Waals surface area contributed by atoms with Gasteiger partial charge in [0.2, 0.25) is 0 Å². The summed E-state index contributed by atoms with van der Waals surface area (Å²) in [5.74, 6) is 0.895. The van der Waals surface area contributed by atoms with Crippen molar-refractivity contribution in [1.82, 2.24) is 4.98 Å². The number of hydrogen-bond acceptors (Lipinski definition) is 5. The fourth-order valence-electron chi connectivity index (χ4n) is 3.00. The molecule has 0 saturated heterocycles. The molecule has 0 radical (unpaired) electrons. The Kier molecular flexibility index (Phi) is 2.66. The number of nitrogens with one attached hydrogen (secondary N) is 1. The molecule has 0 amide bonds. The summed E-state index contributed by atoms with van der Waals surface area (Å²) in [4.78, 5) is 4.79. The van der Waals surface area contributed by atoms with E-state index >= 15 is 0 Å². The van der Waals surface area contributed by atoms with Crippen molar-refractivity contribution in [3.05, 3.63) is 23.9 Å². The van der Waals surface area contributed by atoms with Crippen LogP contribution in [0.3, 0.4) is 0 Å². The second-order valence-electron chi connectivity index (χ2n) is 5.92. The molecule has 6 heteroatoms. The summed E-state index contributed by atoms with van der Waals surface area (Å²) in [6.07, 6.45) is 4.69. The molecule has 0 atom stereocenters. The number of benzene rings is 1. The Balaban J connectivity index is 1.94. The summed E-state index contributed by atoms with van der Waals surface area (Å²) in [6.45, 7) is 0.889. The molecule has 2 aliphatic rings. The van der Waals surface area contributed by atoms with E-state index in [-0.39, 0.29) is 5.75 Å². The average Bonchev–Trinajstić information content (AvgIpc) is 3.22. The molecule has 1 aromatic heterocycles. The van der Waals surface area contributed by atoms with E-state index in [4.69, 9.17) is 5.73 Å². The number of aryl methyl sites for hydroxylation is 1. The van der Waals surface area contributed by atoms with Gasteiger partial charge in [0.15, 0.2) is 9.84 Å². The Morgan fingerprint density at radius 3 is 2.90 bits per heavy atom. The Morgan fingerprint density at radius 2 is 2.14 bits per heavy atom. The van der Waals surface area contributed by atoms with Crippen LogP contribution in [0.1, 0.15) is 18.4 Å². The fraction of sp³-hybridized carbons (Fsp3) is 0.400. The maximum absolute atomic E-state index is 12.1. The number of aromatic nitrogens is 1. The third-order valence-electron chi connectivity index (χ3n) is 4.35. The Hall–Kier alpha value is -1.82. The van der Waals surface area contributed by atoms with Gasteiger partial charge < -0.3 is 11.1 Å². The lowest BCUT2D eigenvalue weighted by molar-refractivity contribution is 0.600. The van der Waals surface area contributed by atoms with Crippen molar-refractivity contribution >= 4 is 32.1 Å². The van der Waals surface area contributed by atoms with Gasteiger partial charge in [0.25, 0.3) is 0 Å². The van der Waals surface area contributed by atoms with Crippen LogP contribution in [0, 0.1) is 5.92 Å².